The van der Waals surface area contributed by atoms with E-state index in [2.05, 4.69) is 126 Å². The molecule has 0 saturated carbocycles. The number of fused-ring (bicyclic) bond motifs is 1. The Hall–Kier alpha value is -3.22. The summed E-state index contributed by atoms with van der Waals surface area (Å²) >= 11 is 0. The van der Waals surface area contributed by atoms with Crippen molar-refractivity contribution in [1.82, 2.24) is 9.38 Å². The van der Waals surface area contributed by atoms with Crippen LogP contribution in [0, 0.1) is 0 Å². The number of aromatic nitrogens is 2. The Balaban J connectivity index is 1.91. The van der Waals surface area contributed by atoms with Gasteiger partial charge in [-0.25, -0.2) is 4.98 Å². The van der Waals surface area contributed by atoms with Crippen molar-refractivity contribution in [1.29, 1.82) is 0 Å². The molecule has 29 heavy (non-hydrogen) atoms. The first kappa shape index (κ1) is 17.8. The highest BCUT2D eigenvalue weighted by Crippen LogP contribution is 2.53. The highest BCUT2D eigenvalue weighted by Gasteiger charge is 2.45. The van der Waals surface area contributed by atoms with Gasteiger partial charge in [-0.15, -0.1) is 0 Å². The highest BCUT2D eigenvalue weighted by atomic mass is 31.2. The summed E-state index contributed by atoms with van der Waals surface area (Å²) in [5.74, 6) is 0. The van der Waals surface area contributed by atoms with Crippen LogP contribution < -0.4 is 16.0 Å². The van der Waals surface area contributed by atoms with Gasteiger partial charge in [0.1, 0.15) is 29.2 Å². The van der Waals surface area contributed by atoms with E-state index in [1.807, 2.05) is 0 Å². The van der Waals surface area contributed by atoms with Gasteiger partial charge in [-0.05, 0) is 36.4 Å². The second-order valence-electron chi connectivity index (χ2n) is 7.26. The fourth-order valence-corrected chi connectivity index (χ4v) is 7.57. The number of nitrogens with zero attached hydrogens (tertiary/aromatic N) is 2. The van der Waals surface area contributed by atoms with Crippen LogP contribution in [0.4, 0.5) is 0 Å². The number of pyridine rings is 1. The van der Waals surface area contributed by atoms with Crippen molar-refractivity contribution < 1.29 is 0 Å². The van der Waals surface area contributed by atoms with E-state index in [9.17, 15) is 0 Å². The molecule has 3 heteroatoms. The maximum absolute atomic E-state index is 5.09. The van der Waals surface area contributed by atoms with Crippen LogP contribution in [0.1, 0.15) is 0 Å². The number of rotatable bonds is 4. The smallest absolute Gasteiger partial charge is 0.205 e. The Morgan fingerprint density at radius 2 is 1.14 bits per heavy atom. The first-order valence-corrected chi connectivity index (χ1v) is 12.0. The molecule has 0 aliphatic heterocycles. The van der Waals surface area contributed by atoms with E-state index in [-0.39, 0.29) is 0 Å². The number of imidazole rings is 1. The van der Waals surface area contributed by atoms with Crippen LogP contribution in [-0.4, -0.2) is 16.0 Å². The Morgan fingerprint density at radius 1 is 0.621 bits per heavy atom. The van der Waals surface area contributed by atoms with Crippen molar-refractivity contribution in [3.05, 3.63) is 115 Å². The second-order valence-corrected chi connectivity index (χ2v) is 10.7. The van der Waals surface area contributed by atoms with E-state index >= 15 is 0 Å². The molecule has 0 atom stereocenters. The molecule has 0 bridgehead atoms. The van der Waals surface area contributed by atoms with Gasteiger partial charge in [0, 0.05) is 11.8 Å². The van der Waals surface area contributed by atoms with Crippen molar-refractivity contribution in [3.8, 4) is 11.3 Å². The summed E-state index contributed by atoms with van der Waals surface area (Å²) in [6, 6.07) is 38.6. The Bertz CT molecular complexity index is 1210. The zero-order valence-corrected chi connectivity index (χ0v) is 17.2. The monoisotopic (exact) mass is 393 g/mol. The standard InChI is InChI=1S/C26H22N2P/c1-29(22-15-7-3-8-16-22,23-17-9-4-10-18-23)26-25(21-13-5-2-6-14-21)27-24-19-11-12-20-28(24)26/h2-20H,1H3/q+1. The van der Waals surface area contributed by atoms with Crippen LogP contribution in [0.2, 0.25) is 0 Å². The fraction of sp³-hybridized carbons (Fsp3) is 0.0385. The Morgan fingerprint density at radius 3 is 1.72 bits per heavy atom. The van der Waals surface area contributed by atoms with E-state index in [4.69, 9.17) is 4.98 Å². The molecule has 5 aromatic rings. The maximum Gasteiger partial charge on any atom is 0.205 e. The quantitative estimate of drug-likeness (QED) is 0.396. The number of hydrogen-bond acceptors (Lipinski definition) is 1. The van der Waals surface area contributed by atoms with Crippen LogP contribution in [0.5, 0.6) is 0 Å². The molecule has 140 valence electrons. The summed E-state index contributed by atoms with van der Waals surface area (Å²) in [6.45, 7) is 2.42. The van der Waals surface area contributed by atoms with Crippen LogP contribution in [0.3, 0.4) is 0 Å². The molecule has 2 nitrogen and oxygen atoms in total. The summed E-state index contributed by atoms with van der Waals surface area (Å²) in [7, 11) is -1.93. The SMILES string of the molecule is C[P+](c1ccccc1)(c1ccccc1)c1c(-c2ccccc2)nc2ccccn12. The molecule has 2 heterocycles. The Kier molecular flexibility index (Phi) is 4.50. The van der Waals surface area contributed by atoms with Gasteiger partial charge in [-0.2, -0.15) is 0 Å². The molecular formula is C26H22N2P+. The lowest BCUT2D eigenvalue weighted by Crippen LogP contribution is -2.33. The molecule has 0 N–H and O–H groups in total. The minimum Gasteiger partial charge on any atom is -0.270 e. The minimum atomic E-state index is -1.93. The third-order valence-corrected chi connectivity index (χ3v) is 9.46. The van der Waals surface area contributed by atoms with Gasteiger partial charge in [-0.1, -0.05) is 72.8 Å². The van der Waals surface area contributed by atoms with Crippen molar-refractivity contribution in [2.24, 2.45) is 0 Å². The average Bonchev–Trinajstić information content (AvgIpc) is 3.20. The van der Waals surface area contributed by atoms with E-state index < -0.39 is 7.26 Å². The van der Waals surface area contributed by atoms with Crippen LogP contribution in [0.15, 0.2) is 115 Å². The van der Waals surface area contributed by atoms with E-state index in [0.29, 0.717) is 0 Å². The lowest BCUT2D eigenvalue weighted by Gasteiger charge is -2.23. The summed E-state index contributed by atoms with van der Waals surface area (Å²) < 4.78 is 2.29. The van der Waals surface area contributed by atoms with Gasteiger partial charge in [0.15, 0.2) is 0 Å². The van der Waals surface area contributed by atoms with Gasteiger partial charge in [0.05, 0.1) is 6.66 Å². The van der Waals surface area contributed by atoms with Crippen LogP contribution in [-0.2, 0) is 0 Å². The molecule has 2 aromatic heterocycles. The van der Waals surface area contributed by atoms with E-state index in [1.54, 1.807) is 0 Å². The molecule has 0 amide bonds. The second kappa shape index (κ2) is 7.31. The fourth-order valence-electron chi connectivity index (χ4n) is 4.05. The predicted octanol–water partition coefficient (Wildman–Crippen LogP) is 4.93. The van der Waals surface area contributed by atoms with Crippen molar-refractivity contribution in [3.63, 3.8) is 0 Å². The van der Waals surface area contributed by atoms with Crippen LogP contribution >= 0.6 is 7.26 Å². The first-order valence-electron chi connectivity index (χ1n) is 9.79. The molecule has 0 spiro atoms. The van der Waals surface area contributed by atoms with E-state index in [1.165, 1.54) is 16.0 Å². The predicted molar refractivity (Wildman–Crippen MR) is 125 cm³/mol. The largest absolute Gasteiger partial charge is 0.270 e. The van der Waals surface area contributed by atoms with Crippen LogP contribution in [0.25, 0.3) is 16.9 Å². The van der Waals surface area contributed by atoms with Gasteiger partial charge in [0.2, 0.25) is 5.44 Å². The average molecular weight is 393 g/mol. The molecule has 0 radical (unpaired) electrons. The summed E-state index contributed by atoms with van der Waals surface area (Å²) in [5, 5.41) is 2.71. The molecule has 3 aromatic carbocycles. The minimum absolute atomic E-state index is 0.986. The normalized spacial score (nSPS) is 11.6. The molecule has 5 rings (SSSR count). The van der Waals surface area contributed by atoms with Crippen molar-refractivity contribution in [2.75, 3.05) is 6.66 Å². The summed E-state index contributed by atoms with van der Waals surface area (Å²) in [5.41, 5.74) is 4.50. The van der Waals surface area contributed by atoms with Crippen molar-refractivity contribution >= 4 is 29.0 Å². The Labute approximate surface area is 171 Å². The van der Waals surface area contributed by atoms with Gasteiger partial charge < -0.3 is 0 Å². The summed E-state index contributed by atoms with van der Waals surface area (Å²) in [6.07, 6.45) is 2.15. The van der Waals surface area contributed by atoms with Crippen molar-refractivity contribution in [2.45, 2.75) is 0 Å². The molecule has 0 saturated heterocycles. The number of hydrogen-bond donors (Lipinski definition) is 0. The van der Waals surface area contributed by atoms with Gasteiger partial charge in [0.25, 0.3) is 0 Å². The third-order valence-electron chi connectivity index (χ3n) is 5.52. The summed E-state index contributed by atoms with van der Waals surface area (Å²) in [4.78, 5) is 5.09. The topological polar surface area (TPSA) is 17.3 Å². The molecule has 0 aliphatic carbocycles. The number of benzene rings is 3. The molecule has 0 unspecified atom stereocenters. The van der Waals surface area contributed by atoms with Gasteiger partial charge >= 0.3 is 0 Å². The highest BCUT2D eigenvalue weighted by molar-refractivity contribution is 7.95. The lowest BCUT2D eigenvalue weighted by atomic mass is 10.2. The molecule has 0 fully saturated rings. The zero-order valence-electron chi connectivity index (χ0n) is 16.3. The molecule has 0 aliphatic rings. The first-order chi connectivity index (χ1) is 14.3. The van der Waals surface area contributed by atoms with Gasteiger partial charge in [-0.3, -0.25) is 4.40 Å². The zero-order chi connectivity index (χ0) is 19.7. The lowest BCUT2D eigenvalue weighted by molar-refractivity contribution is 1.22. The maximum atomic E-state index is 5.09. The third kappa shape index (κ3) is 2.97. The van der Waals surface area contributed by atoms with E-state index in [0.717, 1.165) is 16.9 Å². The molecular weight excluding hydrogens is 371 g/mol.